The molecule has 0 aromatic heterocycles. The van der Waals surface area contributed by atoms with Crippen molar-refractivity contribution in [3.8, 4) is 0 Å². The van der Waals surface area contributed by atoms with Gasteiger partial charge in [-0.2, -0.15) is 65.9 Å². The molecular weight excluding hydrogens is 494 g/mol. The number of hydrogen-bond acceptors (Lipinski definition) is 2. The lowest BCUT2D eigenvalue weighted by molar-refractivity contribution is -0.455. The maximum absolute atomic E-state index is 13.6. The van der Waals surface area contributed by atoms with Gasteiger partial charge in [-0.1, -0.05) is 0 Å². The zero-order valence-electron chi connectivity index (χ0n) is 13.5. The summed E-state index contributed by atoms with van der Waals surface area (Å²) in [7, 11) is 0. The first-order valence-corrected chi connectivity index (χ1v) is 6.87. The minimum atomic E-state index is -8.59. The van der Waals surface area contributed by atoms with Gasteiger partial charge in [0, 0.05) is 12.2 Å². The third kappa shape index (κ3) is 3.30. The topological polar surface area (TPSA) is 37.4 Å². The first kappa shape index (κ1) is 26.8. The first-order valence-electron chi connectivity index (χ1n) is 6.87. The van der Waals surface area contributed by atoms with E-state index >= 15 is 0 Å². The van der Waals surface area contributed by atoms with E-state index in [0.29, 0.717) is 0 Å². The molecule has 1 aliphatic rings. The highest BCUT2D eigenvalue weighted by atomic mass is 19.4. The summed E-state index contributed by atoms with van der Waals surface area (Å²) < 4.78 is 208. The Hall–Kier alpha value is -2.24. The van der Waals surface area contributed by atoms with E-state index in [9.17, 15) is 79.8 Å². The summed E-state index contributed by atoms with van der Waals surface area (Å²) in [6.45, 7) is 0. The van der Waals surface area contributed by atoms with Crippen LogP contribution < -0.4 is 0 Å². The Morgan fingerprint density at radius 1 is 0.548 bits per heavy atom. The van der Waals surface area contributed by atoms with Crippen LogP contribution in [0, 0.1) is 0 Å². The van der Waals surface area contributed by atoms with Crippen molar-refractivity contribution in [2.75, 3.05) is 0 Å². The summed E-state index contributed by atoms with van der Waals surface area (Å²) in [6, 6.07) is 0. The average Bonchev–Trinajstić information content (AvgIpc) is 2.90. The molecule has 0 saturated carbocycles. The van der Waals surface area contributed by atoms with Crippen molar-refractivity contribution in [2.45, 2.75) is 48.0 Å². The number of nitrogens with zero attached hydrogens (tertiary/aromatic N) is 1. The van der Waals surface area contributed by atoms with Gasteiger partial charge in [-0.05, 0) is 0 Å². The molecule has 3 nitrogen and oxygen atoms in total. The van der Waals surface area contributed by atoms with Crippen molar-refractivity contribution in [1.82, 2.24) is 4.90 Å². The fourth-order valence-electron chi connectivity index (χ4n) is 1.93. The predicted octanol–water partition coefficient (Wildman–Crippen LogP) is 4.58. The summed E-state index contributed by atoms with van der Waals surface area (Å²) in [4.78, 5) is 20.4. The summed E-state index contributed by atoms with van der Waals surface area (Å²) in [5, 5.41) is 0. The summed E-state index contributed by atoms with van der Waals surface area (Å²) in [6.07, 6.45) is -13.2. The second kappa shape index (κ2) is 6.88. The van der Waals surface area contributed by atoms with Gasteiger partial charge in [-0.15, -0.1) is 0 Å². The van der Waals surface area contributed by atoms with Gasteiger partial charge >= 0.3 is 41.7 Å². The van der Waals surface area contributed by atoms with Crippen molar-refractivity contribution in [3.63, 3.8) is 0 Å². The normalized spacial score (nSPS) is 18.8. The number of amides is 2. The minimum Gasteiger partial charge on any atom is -0.269 e. The minimum absolute atomic E-state index is 0.103. The highest BCUT2D eigenvalue weighted by molar-refractivity contribution is 6.13. The molecule has 2 amide bonds. The fraction of sp³-hybridized carbons (Fsp3) is 0.667. The number of alkyl halides is 16. The highest BCUT2D eigenvalue weighted by Crippen LogP contribution is 2.63. The van der Waals surface area contributed by atoms with Crippen LogP contribution in [0.5, 0.6) is 0 Å². The third-order valence-electron chi connectivity index (χ3n) is 3.72. The van der Waals surface area contributed by atoms with Crippen molar-refractivity contribution in [3.05, 3.63) is 12.2 Å². The molecule has 0 fully saturated rings. The maximum atomic E-state index is 13.6. The molecule has 0 aromatic rings. The molecule has 19 heteroatoms. The lowest BCUT2D eigenvalue weighted by atomic mass is 9.90. The molecule has 1 atom stereocenters. The quantitative estimate of drug-likeness (QED) is 0.294. The van der Waals surface area contributed by atoms with Crippen LogP contribution in [0.3, 0.4) is 0 Å². The molecule has 1 heterocycles. The molecule has 0 spiro atoms. The molecule has 1 aliphatic heterocycles. The van der Waals surface area contributed by atoms with E-state index in [-0.39, 0.29) is 12.2 Å². The number of halogens is 16. The first-order chi connectivity index (χ1) is 13.3. The molecule has 0 bridgehead atoms. The van der Waals surface area contributed by atoms with Crippen molar-refractivity contribution < 1.29 is 79.8 Å². The molecule has 180 valence electrons. The van der Waals surface area contributed by atoms with Crippen LogP contribution in [0.25, 0.3) is 0 Å². The Balaban J connectivity index is 3.58. The van der Waals surface area contributed by atoms with Gasteiger partial charge in [0.05, 0.1) is 0 Å². The van der Waals surface area contributed by atoms with Crippen LogP contribution in [0.4, 0.5) is 70.2 Å². The van der Waals surface area contributed by atoms with E-state index in [4.69, 9.17) is 0 Å². The number of carbonyl (C=O) groups is 2. The van der Waals surface area contributed by atoms with Gasteiger partial charge in [-0.25, -0.2) is 9.29 Å². The van der Waals surface area contributed by atoms with Crippen LogP contribution in [-0.4, -0.2) is 64.7 Å². The van der Waals surface area contributed by atoms with E-state index < -0.39 is 64.7 Å². The molecule has 31 heavy (non-hydrogen) atoms. The maximum Gasteiger partial charge on any atom is 0.460 e. The largest absolute Gasteiger partial charge is 0.460 e. The monoisotopic (exact) mass is 497 g/mol. The van der Waals surface area contributed by atoms with Crippen molar-refractivity contribution in [1.29, 1.82) is 0 Å². The zero-order chi connectivity index (χ0) is 25.2. The SMILES string of the molecule is O=C1C=CC(=O)N1C(F)C(F)(F)C(F)(F)C(F)(F)C(F)(F)C(F)(F)C(F)(F)C(F)(F)F. The van der Waals surface area contributed by atoms with Gasteiger partial charge in [0.2, 0.25) is 0 Å². The molecular formula is C12H3F16NO2. The summed E-state index contributed by atoms with van der Waals surface area (Å²) >= 11 is 0. The molecule has 1 unspecified atom stereocenters. The Morgan fingerprint density at radius 3 is 1.16 bits per heavy atom. The Bertz CT molecular complexity index is 764. The molecule has 0 N–H and O–H groups in total. The molecule has 0 saturated heterocycles. The Labute approximate surface area is 158 Å². The number of imide groups is 1. The second-order valence-corrected chi connectivity index (χ2v) is 5.71. The lowest BCUT2D eigenvalue weighted by Crippen LogP contribution is -2.74. The molecule has 1 rings (SSSR count). The van der Waals surface area contributed by atoms with Crippen molar-refractivity contribution in [2.24, 2.45) is 0 Å². The summed E-state index contributed by atoms with van der Waals surface area (Å²) in [5.74, 6) is -53.8. The van der Waals surface area contributed by atoms with E-state index in [2.05, 4.69) is 0 Å². The lowest BCUT2D eigenvalue weighted by Gasteiger charge is -2.42. The third-order valence-corrected chi connectivity index (χ3v) is 3.72. The molecule has 0 aliphatic carbocycles. The molecule has 0 radical (unpaired) electrons. The average molecular weight is 497 g/mol. The van der Waals surface area contributed by atoms with Crippen LogP contribution in [-0.2, 0) is 9.59 Å². The molecule has 0 aromatic carbocycles. The van der Waals surface area contributed by atoms with E-state index in [0.717, 1.165) is 0 Å². The van der Waals surface area contributed by atoms with Crippen LogP contribution in [0.2, 0.25) is 0 Å². The Kier molecular flexibility index (Phi) is 5.95. The number of carbonyl (C=O) groups excluding carboxylic acids is 2. The number of rotatable bonds is 7. The van der Waals surface area contributed by atoms with E-state index in [1.807, 2.05) is 0 Å². The smallest absolute Gasteiger partial charge is 0.269 e. The number of hydrogen-bond donors (Lipinski definition) is 0. The zero-order valence-corrected chi connectivity index (χ0v) is 13.5. The van der Waals surface area contributed by atoms with E-state index in [1.54, 1.807) is 0 Å². The van der Waals surface area contributed by atoms with Crippen LogP contribution >= 0.6 is 0 Å². The summed E-state index contributed by atoms with van der Waals surface area (Å²) in [5.41, 5.74) is 0. The highest BCUT2D eigenvalue weighted by Gasteiger charge is 2.94. The van der Waals surface area contributed by atoms with Gasteiger partial charge in [0.25, 0.3) is 18.1 Å². The van der Waals surface area contributed by atoms with Gasteiger partial charge in [0.15, 0.2) is 0 Å². The Morgan fingerprint density at radius 2 is 0.839 bits per heavy atom. The second-order valence-electron chi connectivity index (χ2n) is 5.71. The predicted molar refractivity (Wildman–Crippen MR) is 61.6 cm³/mol. The van der Waals surface area contributed by atoms with Crippen molar-refractivity contribution >= 4 is 11.8 Å². The standard InChI is InChI=1S/C12H3F16NO2/c13-5(29-3(30)1-2-4(29)31)6(14,15)7(16,17)8(18,19)9(20,21)10(22,23)11(24,25)12(26,27)28/h1-2,5H. The fourth-order valence-corrected chi connectivity index (χ4v) is 1.93. The van der Waals surface area contributed by atoms with E-state index in [1.165, 1.54) is 0 Å². The van der Waals surface area contributed by atoms with Gasteiger partial charge < -0.3 is 0 Å². The van der Waals surface area contributed by atoms with Crippen LogP contribution in [0.15, 0.2) is 12.2 Å². The van der Waals surface area contributed by atoms with Crippen LogP contribution in [0.1, 0.15) is 0 Å². The van der Waals surface area contributed by atoms with Gasteiger partial charge in [0.1, 0.15) is 0 Å². The van der Waals surface area contributed by atoms with Gasteiger partial charge in [-0.3, -0.25) is 9.59 Å².